The Bertz CT molecular complexity index is 446. The number of nitrogens with two attached hydrogens (primary N) is 1. The molecule has 1 aromatic carbocycles. The van der Waals surface area contributed by atoms with Crippen molar-refractivity contribution in [3.63, 3.8) is 0 Å². The maximum absolute atomic E-state index is 12.7. The maximum Gasteiger partial charge on any atom is 0.263 e. The van der Waals surface area contributed by atoms with Gasteiger partial charge in [0.15, 0.2) is 5.96 Å². The summed E-state index contributed by atoms with van der Waals surface area (Å²) in [6, 6.07) is 6.50. The number of alkyl halides is 2. The molecular formula is C13H17F2N3. The lowest BCUT2D eigenvalue weighted by Crippen LogP contribution is -2.36. The molecular weight excluding hydrogens is 236 g/mol. The highest BCUT2D eigenvalue weighted by Crippen LogP contribution is 2.28. The quantitative estimate of drug-likeness (QED) is 0.896. The normalized spacial score (nSPS) is 19.4. The molecule has 0 fully saturated rings. The fourth-order valence-corrected chi connectivity index (χ4v) is 2.23. The standard InChI is InChI=1S/C13H17F2N3/c1-2-6-18-11(8-17-13(18)16)9-4-3-5-10(7-9)12(14)15/h3-5,7,11-12H,2,6,8H2,1H3,(H2,16,17). The number of halogens is 2. The van der Waals surface area contributed by atoms with Gasteiger partial charge in [-0.1, -0.05) is 25.1 Å². The summed E-state index contributed by atoms with van der Waals surface area (Å²) in [5, 5.41) is 0. The lowest BCUT2D eigenvalue weighted by atomic mass is 10.0. The van der Waals surface area contributed by atoms with Crippen LogP contribution in [0.5, 0.6) is 0 Å². The summed E-state index contributed by atoms with van der Waals surface area (Å²) < 4.78 is 25.4. The molecule has 0 bridgehead atoms. The number of hydrogen-bond donors (Lipinski definition) is 1. The van der Waals surface area contributed by atoms with Crippen molar-refractivity contribution < 1.29 is 8.78 Å². The average Bonchev–Trinajstić information content (AvgIpc) is 2.72. The predicted octanol–water partition coefficient (Wildman–Crippen LogP) is 2.71. The minimum atomic E-state index is -2.44. The van der Waals surface area contributed by atoms with E-state index < -0.39 is 6.43 Å². The zero-order chi connectivity index (χ0) is 13.1. The minimum Gasteiger partial charge on any atom is -0.370 e. The van der Waals surface area contributed by atoms with Gasteiger partial charge in [-0.05, 0) is 18.1 Å². The van der Waals surface area contributed by atoms with Gasteiger partial charge in [0, 0.05) is 12.1 Å². The van der Waals surface area contributed by atoms with Gasteiger partial charge in [0.2, 0.25) is 0 Å². The zero-order valence-electron chi connectivity index (χ0n) is 10.3. The second-order valence-corrected chi connectivity index (χ2v) is 4.38. The molecule has 1 heterocycles. The van der Waals surface area contributed by atoms with Gasteiger partial charge in [-0.2, -0.15) is 0 Å². The summed E-state index contributed by atoms with van der Waals surface area (Å²) in [6.07, 6.45) is -1.49. The molecule has 1 unspecified atom stereocenters. The molecule has 0 spiro atoms. The number of guanidine groups is 1. The minimum absolute atomic E-state index is 0.0105. The van der Waals surface area contributed by atoms with Crippen LogP contribution in [0, 0.1) is 0 Å². The van der Waals surface area contributed by atoms with E-state index in [0.29, 0.717) is 12.5 Å². The Morgan fingerprint density at radius 2 is 2.28 bits per heavy atom. The molecule has 0 saturated heterocycles. The average molecular weight is 253 g/mol. The van der Waals surface area contributed by atoms with Gasteiger partial charge >= 0.3 is 0 Å². The third-order valence-corrected chi connectivity index (χ3v) is 3.11. The molecule has 0 amide bonds. The van der Waals surface area contributed by atoms with Crippen molar-refractivity contribution in [1.29, 1.82) is 0 Å². The summed E-state index contributed by atoms with van der Waals surface area (Å²) in [6.45, 7) is 3.38. The van der Waals surface area contributed by atoms with Crippen LogP contribution < -0.4 is 5.73 Å². The Morgan fingerprint density at radius 3 is 2.94 bits per heavy atom. The van der Waals surface area contributed by atoms with E-state index in [0.717, 1.165) is 18.5 Å². The van der Waals surface area contributed by atoms with Gasteiger partial charge in [0.1, 0.15) is 0 Å². The highest BCUT2D eigenvalue weighted by Gasteiger charge is 2.27. The molecule has 1 atom stereocenters. The van der Waals surface area contributed by atoms with Crippen LogP contribution in [0.25, 0.3) is 0 Å². The van der Waals surface area contributed by atoms with E-state index in [9.17, 15) is 8.78 Å². The highest BCUT2D eigenvalue weighted by atomic mass is 19.3. The maximum atomic E-state index is 12.7. The van der Waals surface area contributed by atoms with Gasteiger partial charge in [-0.25, -0.2) is 8.78 Å². The third-order valence-electron chi connectivity index (χ3n) is 3.11. The zero-order valence-corrected chi connectivity index (χ0v) is 10.3. The fraction of sp³-hybridized carbons (Fsp3) is 0.462. The Hall–Kier alpha value is -1.65. The SMILES string of the molecule is CCCN1C(N)=NCC1c1cccc(C(F)F)c1. The van der Waals surface area contributed by atoms with Crippen LogP contribution in [-0.2, 0) is 0 Å². The van der Waals surface area contributed by atoms with Gasteiger partial charge in [0.25, 0.3) is 6.43 Å². The molecule has 18 heavy (non-hydrogen) atoms. The number of rotatable bonds is 4. The summed E-state index contributed by atoms with van der Waals surface area (Å²) in [5.41, 5.74) is 6.72. The monoisotopic (exact) mass is 253 g/mol. The molecule has 3 nitrogen and oxygen atoms in total. The molecule has 2 N–H and O–H groups in total. The fourth-order valence-electron chi connectivity index (χ4n) is 2.23. The first-order valence-corrected chi connectivity index (χ1v) is 6.08. The summed E-state index contributed by atoms with van der Waals surface area (Å²) in [4.78, 5) is 6.18. The van der Waals surface area contributed by atoms with Gasteiger partial charge in [-0.3, -0.25) is 4.99 Å². The molecule has 0 radical (unpaired) electrons. The predicted molar refractivity (Wildman–Crippen MR) is 67.6 cm³/mol. The molecule has 0 saturated carbocycles. The highest BCUT2D eigenvalue weighted by molar-refractivity contribution is 5.80. The number of aliphatic imine (C=N–C) groups is 1. The van der Waals surface area contributed by atoms with Crippen molar-refractivity contribution in [1.82, 2.24) is 4.90 Å². The molecule has 2 rings (SSSR count). The first-order chi connectivity index (χ1) is 8.63. The van der Waals surface area contributed by atoms with E-state index in [4.69, 9.17) is 5.73 Å². The van der Waals surface area contributed by atoms with Gasteiger partial charge < -0.3 is 10.6 Å². The Kier molecular flexibility index (Phi) is 3.79. The lowest BCUT2D eigenvalue weighted by molar-refractivity contribution is 0.151. The van der Waals surface area contributed by atoms with Crippen LogP contribution in [0.15, 0.2) is 29.3 Å². The van der Waals surface area contributed by atoms with E-state index in [1.807, 2.05) is 11.0 Å². The van der Waals surface area contributed by atoms with Crippen LogP contribution >= 0.6 is 0 Å². The second kappa shape index (κ2) is 5.33. The molecule has 0 aliphatic carbocycles. The Balaban J connectivity index is 2.23. The van der Waals surface area contributed by atoms with Crippen molar-refractivity contribution >= 4 is 5.96 Å². The Labute approximate surface area is 105 Å². The molecule has 0 aromatic heterocycles. The molecule has 1 aliphatic rings. The van der Waals surface area contributed by atoms with Crippen LogP contribution in [0.4, 0.5) is 8.78 Å². The first-order valence-electron chi connectivity index (χ1n) is 6.08. The van der Waals surface area contributed by atoms with Crippen molar-refractivity contribution in [3.05, 3.63) is 35.4 Å². The number of nitrogens with zero attached hydrogens (tertiary/aromatic N) is 2. The van der Waals surface area contributed by atoms with Gasteiger partial charge in [0.05, 0.1) is 12.6 Å². The third kappa shape index (κ3) is 2.44. The van der Waals surface area contributed by atoms with Crippen LogP contribution in [0.3, 0.4) is 0 Å². The number of hydrogen-bond acceptors (Lipinski definition) is 3. The van der Waals surface area contributed by atoms with Crippen molar-refractivity contribution in [2.75, 3.05) is 13.1 Å². The summed E-state index contributed by atoms with van der Waals surface area (Å²) in [7, 11) is 0. The van der Waals surface area contributed by atoms with Crippen molar-refractivity contribution in [2.45, 2.75) is 25.8 Å². The summed E-state index contributed by atoms with van der Waals surface area (Å²) in [5.74, 6) is 0.504. The van der Waals surface area contributed by atoms with Crippen LogP contribution in [0.1, 0.15) is 36.9 Å². The number of benzene rings is 1. The molecule has 1 aromatic rings. The van der Waals surface area contributed by atoms with E-state index in [1.54, 1.807) is 12.1 Å². The topological polar surface area (TPSA) is 41.6 Å². The second-order valence-electron chi connectivity index (χ2n) is 4.38. The van der Waals surface area contributed by atoms with E-state index >= 15 is 0 Å². The summed E-state index contributed by atoms with van der Waals surface area (Å²) >= 11 is 0. The van der Waals surface area contributed by atoms with Crippen molar-refractivity contribution in [3.8, 4) is 0 Å². The van der Waals surface area contributed by atoms with Crippen molar-refractivity contribution in [2.24, 2.45) is 10.7 Å². The Morgan fingerprint density at radius 1 is 1.50 bits per heavy atom. The van der Waals surface area contributed by atoms with Crippen LogP contribution in [0.2, 0.25) is 0 Å². The van der Waals surface area contributed by atoms with E-state index in [-0.39, 0.29) is 11.6 Å². The smallest absolute Gasteiger partial charge is 0.263 e. The molecule has 1 aliphatic heterocycles. The van der Waals surface area contributed by atoms with E-state index in [2.05, 4.69) is 11.9 Å². The lowest BCUT2D eigenvalue weighted by Gasteiger charge is -2.26. The molecule has 5 heteroatoms. The molecule has 98 valence electrons. The van der Waals surface area contributed by atoms with Crippen LogP contribution in [-0.4, -0.2) is 23.9 Å². The van der Waals surface area contributed by atoms with Gasteiger partial charge in [-0.15, -0.1) is 0 Å². The van der Waals surface area contributed by atoms with E-state index in [1.165, 1.54) is 6.07 Å². The first kappa shape index (κ1) is 12.8. The largest absolute Gasteiger partial charge is 0.370 e.